The fraction of sp³-hybridized carbons (Fsp3) is 0.235. The van der Waals surface area contributed by atoms with Gasteiger partial charge in [0, 0.05) is 13.0 Å². The number of aliphatic carboxylic acids is 1. The van der Waals surface area contributed by atoms with Gasteiger partial charge in [-0.3, -0.25) is 4.79 Å². The molecule has 2 aromatic rings. The third-order valence-electron chi connectivity index (χ3n) is 3.45. The second-order valence-electron chi connectivity index (χ2n) is 4.98. The molecule has 2 aromatic carbocycles. The summed E-state index contributed by atoms with van der Waals surface area (Å²) < 4.78 is 0. The molecule has 1 unspecified atom stereocenters. The average Bonchev–Trinajstić information content (AvgIpc) is 2.53. The number of hydrogen-bond donors (Lipinski definition) is 3. The lowest BCUT2D eigenvalue weighted by Gasteiger charge is -2.12. The Morgan fingerprint density at radius 1 is 0.955 bits per heavy atom. The number of halogens is 1. The van der Waals surface area contributed by atoms with Crippen LogP contribution >= 0.6 is 12.4 Å². The fourth-order valence-electron chi connectivity index (χ4n) is 2.15. The molecule has 22 heavy (non-hydrogen) atoms. The van der Waals surface area contributed by atoms with Gasteiger partial charge in [-0.2, -0.15) is 0 Å². The van der Waals surface area contributed by atoms with Crippen LogP contribution in [0.25, 0.3) is 0 Å². The number of hydrogen-bond acceptors (Lipinski definition) is 3. The van der Waals surface area contributed by atoms with Crippen molar-refractivity contribution in [1.82, 2.24) is 0 Å². The molecule has 4 nitrogen and oxygen atoms in total. The Hall–Kier alpha value is -1.88. The predicted octanol–water partition coefficient (Wildman–Crippen LogP) is 2.67. The summed E-state index contributed by atoms with van der Waals surface area (Å²) in [6, 6.07) is 14.9. The molecule has 1 atom stereocenters. The molecule has 0 heterocycles. The summed E-state index contributed by atoms with van der Waals surface area (Å²) in [6.07, 6.45) is -0.0790. The Morgan fingerprint density at radius 2 is 1.41 bits per heavy atom. The number of aliphatic hydroxyl groups is 1. The van der Waals surface area contributed by atoms with Crippen molar-refractivity contribution in [2.45, 2.75) is 25.5 Å². The molecule has 0 aliphatic carbocycles. The van der Waals surface area contributed by atoms with Gasteiger partial charge in [0.05, 0.1) is 0 Å². The number of carboxylic acids is 1. The van der Waals surface area contributed by atoms with E-state index in [1.54, 1.807) is 0 Å². The van der Waals surface area contributed by atoms with Gasteiger partial charge in [-0.25, -0.2) is 0 Å². The number of rotatable bonds is 6. The zero-order valence-electron chi connectivity index (χ0n) is 12.1. The van der Waals surface area contributed by atoms with Crippen molar-refractivity contribution in [1.29, 1.82) is 0 Å². The molecule has 118 valence electrons. The first-order valence-corrected chi connectivity index (χ1v) is 6.87. The largest absolute Gasteiger partial charge is 0.481 e. The Bertz CT molecular complexity index is 596. The minimum Gasteiger partial charge on any atom is -0.481 e. The molecule has 0 fully saturated rings. The average molecular weight is 322 g/mol. The summed E-state index contributed by atoms with van der Waals surface area (Å²) in [4.78, 5) is 10.5. The summed E-state index contributed by atoms with van der Waals surface area (Å²) in [5, 5.41) is 19.0. The Kier molecular flexibility index (Phi) is 7.05. The molecule has 0 aliphatic heterocycles. The number of aliphatic hydroxyl groups excluding tert-OH is 1. The maximum absolute atomic E-state index is 10.5. The molecule has 0 aliphatic rings. The predicted molar refractivity (Wildman–Crippen MR) is 88.0 cm³/mol. The first-order valence-electron chi connectivity index (χ1n) is 6.87. The van der Waals surface area contributed by atoms with E-state index >= 15 is 0 Å². The van der Waals surface area contributed by atoms with Crippen LogP contribution in [0.15, 0.2) is 48.5 Å². The number of nitrogens with two attached hydrogens (primary N) is 1. The van der Waals surface area contributed by atoms with Crippen LogP contribution in [0.1, 0.15) is 34.8 Å². The van der Waals surface area contributed by atoms with Gasteiger partial charge in [0.25, 0.3) is 0 Å². The van der Waals surface area contributed by atoms with Gasteiger partial charge in [0.1, 0.15) is 6.10 Å². The molecule has 5 heteroatoms. The van der Waals surface area contributed by atoms with E-state index in [0.717, 1.165) is 22.3 Å². The second-order valence-corrected chi connectivity index (χ2v) is 4.98. The van der Waals surface area contributed by atoms with E-state index < -0.39 is 12.1 Å². The van der Waals surface area contributed by atoms with Gasteiger partial charge in [-0.1, -0.05) is 48.5 Å². The molecular formula is C17H20ClNO3. The van der Waals surface area contributed by atoms with E-state index in [1.165, 1.54) is 0 Å². The van der Waals surface area contributed by atoms with Crippen molar-refractivity contribution in [3.8, 4) is 0 Å². The van der Waals surface area contributed by atoms with E-state index in [9.17, 15) is 9.90 Å². The van der Waals surface area contributed by atoms with Gasteiger partial charge >= 0.3 is 5.97 Å². The highest BCUT2D eigenvalue weighted by molar-refractivity contribution is 5.85. The molecule has 0 spiro atoms. The maximum atomic E-state index is 10.5. The lowest BCUT2D eigenvalue weighted by atomic mass is 9.98. The third kappa shape index (κ3) is 4.84. The number of benzene rings is 2. The molecule has 0 saturated carbocycles. The smallest absolute Gasteiger partial charge is 0.303 e. The summed E-state index contributed by atoms with van der Waals surface area (Å²) in [7, 11) is 0. The highest BCUT2D eigenvalue weighted by Crippen LogP contribution is 2.22. The Balaban J connectivity index is 0.00000242. The number of carbonyl (C=O) groups is 1. The monoisotopic (exact) mass is 321 g/mol. The van der Waals surface area contributed by atoms with E-state index in [2.05, 4.69) is 0 Å². The van der Waals surface area contributed by atoms with Gasteiger partial charge < -0.3 is 15.9 Å². The summed E-state index contributed by atoms with van der Waals surface area (Å²) in [5.41, 5.74) is 9.12. The van der Waals surface area contributed by atoms with Crippen LogP contribution in [0.4, 0.5) is 0 Å². The first kappa shape index (κ1) is 18.2. The topological polar surface area (TPSA) is 83.5 Å². The highest BCUT2D eigenvalue weighted by Gasteiger charge is 2.10. The lowest BCUT2D eigenvalue weighted by Crippen LogP contribution is -2.02. The first-order chi connectivity index (χ1) is 10.1. The molecule has 0 bridgehead atoms. The van der Waals surface area contributed by atoms with Crippen molar-refractivity contribution in [3.05, 3.63) is 70.8 Å². The van der Waals surface area contributed by atoms with Crippen LogP contribution < -0.4 is 5.73 Å². The van der Waals surface area contributed by atoms with Crippen LogP contribution in [-0.2, 0) is 17.8 Å². The third-order valence-corrected chi connectivity index (χ3v) is 3.45. The Morgan fingerprint density at radius 3 is 1.82 bits per heavy atom. The van der Waals surface area contributed by atoms with Gasteiger partial charge in [-0.15, -0.1) is 12.4 Å². The molecule has 0 aromatic heterocycles. The van der Waals surface area contributed by atoms with E-state index in [4.69, 9.17) is 10.8 Å². The molecule has 0 radical (unpaired) electrons. The highest BCUT2D eigenvalue weighted by atomic mass is 35.5. The van der Waals surface area contributed by atoms with Crippen LogP contribution in [0.3, 0.4) is 0 Å². The normalized spacial score (nSPS) is 11.5. The SMILES string of the molecule is Cl.NCc1ccc(C(O)c2ccc(CCC(=O)O)cc2)cc1. The summed E-state index contributed by atoms with van der Waals surface area (Å²) in [6.45, 7) is 0.481. The minimum absolute atomic E-state index is 0. The number of carboxylic acid groups (broad SMARTS) is 1. The van der Waals surface area contributed by atoms with E-state index in [0.29, 0.717) is 13.0 Å². The maximum Gasteiger partial charge on any atom is 0.303 e. The van der Waals surface area contributed by atoms with Crippen LogP contribution in [-0.4, -0.2) is 16.2 Å². The van der Waals surface area contributed by atoms with Crippen molar-refractivity contribution in [2.75, 3.05) is 0 Å². The Labute approximate surface area is 136 Å². The summed E-state index contributed by atoms with van der Waals surface area (Å²) >= 11 is 0. The van der Waals surface area contributed by atoms with Crippen LogP contribution in [0.2, 0.25) is 0 Å². The molecule has 0 saturated heterocycles. The van der Waals surface area contributed by atoms with E-state index in [1.807, 2.05) is 48.5 Å². The lowest BCUT2D eigenvalue weighted by molar-refractivity contribution is -0.136. The zero-order chi connectivity index (χ0) is 15.2. The minimum atomic E-state index is -0.806. The van der Waals surface area contributed by atoms with Crippen molar-refractivity contribution >= 4 is 18.4 Å². The number of aryl methyl sites for hydroxylation is 1. The van der Waals surface area contributed by atoms with Gasteiger partial charge in [0.15, 0.2) is 0 Å². The van der Waals surface area contributed by atoms with Crippen molar-refractivity contribution in [2.24, 2.45) is 5.73 Å². The fourth-order valence-corrected chi connectivity index (χ4v) is 2.15. The summed E-state index contributed by atoms with van der Waals surface area (Å²) in [5.74, 6) is -0.806. The molecule has 4 N–H and O–H groups in total. The quantitative estimate of drug-likeness (QED) is 0.763. The van der Waals surface area contributed by atoms with Gasteiger partial charge in [0.2, 0.25) is 0 Å². The van der Waals surface area contributed by atoms with Crippen LogP contribution in [0, 0.1) is 0 Å². The van der Waals surface area contributed by atoms with Gasteiger partial charge in [-0.05, 0) is 28.7 Å². The zero-order valence-corrected chi connectivity index (χ0v) is 12.9. The van der Waals surface area contributed by atoms with Crippen molar-refractivity contribution < 1.29 is 15.0 Å². The van der Waals surface area contributed by atoms with E-state index in [-0.39, 0.29) is 18.8 Å². The molecule has 0 amide bonds. The van der Waals surface area contributed by atoms with Crippen molar-refractivity contribution in [3.63, 3.8) is 0 Å². The second kappa shape index (κ2) is 8.54. The molecule has 2 rings (SSSR count). The van der Waals surface area contributed by atoms with Crippen LogP contribution in [0.5, 0.6) is 0 Å². The molecular weight excluding hydrogens is 302 g/mol. The standard InChI is InChI=1S/C17H19NO3.ClH/c18-11-13-3-8-15(9-4-13)17(21)14-6-1-12(2-7-14)5-10-16(19)20;/h1-4,6-9,17,21H,5,10-11,18H2,(H,19,20);1H.